The summed E-state index contributed by atoms with van der Waals surface area (Å²) in [5.41, 5.74) is -0.178. The molecule has 0 spiro atoms. The van der Waals surface area contributed by atoms with Crippen molar-refractivity contribution in [2.75, 3.05) is 0 Å². The molecule has 0 heterocycles. The quantitative estimate of drug-likeness (QED) is 0.589. The van der Waals surface area contributed by atoms with Crippen molar-refractivity contribution >= 4 is 0 Å². The molecule has 0 fully saturated rings. The third-order valence-electron chi connectivity index (χ3n) is 2.54. The van der Waals surface area contributed by atoms with Crippen molar-refractivity contribution < 1.29 is 18.4 Å². The lowest BCUT2D eigenvalue weighted by molar-refractivity contribution is -0.403. The van der Waals surface area contributed by atoms with Crippen LogP contribution in [0.3, 0.4) is 0 Å². The van der Waals surface area contributed by atoms with Crippen LogP contribution in [-0.4, -0.2) is 11.0 Å². The van der Waals surface area contributed by atoms with Crippen LogP contribution in [0, 0.1) is 27.7 Å². The first-order chi connectivity index (χ1) is 8.91. The minimum Gasteiger partial charge on any atom is -0.369 e. The van der Waals surface area contributed by atoms with Gasteiger partial charge in [0, 0.05) is 11.6 Å². The van der Waals surface area contributed by atoms with Gasteiger partial charge in [0.15, 0.2) is 0 Å². The van der Waals surface area contributed by atoms with Gasteiger partial charge in [0.25, 0.3) is 0 Å². The second-order valence-electron chi connectivity index (χ2n) is 4.35. The van der Waals surface area contributed by atoms with Gasteiger partial charge < -0.3 is 4.74 Å². The number of hydrogen-bond acceptors (Lipinski definition) is 3. The second kappa shape index (κ2) is 6.94. The molecule has 0 radical (unpaired) electrons. The number of hydrogen-bond donors (Lipinski definition) is 0. The van der Waals surface area contributed by atoms with E-state index in [-0.39, 0.29) is 18.1 Å². The Morgan fingerprint density at radius 3 is 2.42 bits per heavy atom. The van der Waals surface area contributed by atoms with Crippen molar-refractivity contribution in [2.45, 2.75) is 26.6 Å². The maximum Gasteiger partial charge on any atom is 0.233 e. The lowest BCUT2D eigenvalue weighted by Gasteiger charge is -2.17. The van der Waals surface area contributed by atoms with E-state index in [1.807, 2.05) is 0 Å². The van der Waals surface area contributed by atoms with E-state index in [1.165, 1.54) is 12.1 Å². The van der Waals surface area contributed by atoms with Crippen molar-refractivity contribution in [1.82, 2.24) is 0 Å². The zero-order valence-corrected chi connectivity index (χ0v) is 10.7. The number of ether oxygens (including phenoxy) is 1. The maximum absolute atomic E-state index is 13.4. The lowest BCUT2D eigenvalue weighted by Crippen LogP contribution is -2.18. The predicted octanol–water partition coefficient (Wildman–Crippen LogP) is 3.30. The summed E-state index contributed by atoms with van der Waals surface area (Å²) < 4.78 is 32.1. The van der Waals surface area contributed by atoms with Gasteiger partial charge >= 0.3 is 0 Å². The van der Waals surface area contributed by atoms with Crippen molar-refractivity contribution in [3.05, 3.63) is 57.8 Å². The van der Waals surface area contributed by atoms with Gasteiger partial charge in [-0.2, -0.15) is 0 Å². The van der Waals surface area contributed by atoms with E-state index in [4.69, 9.17) is 4.74 Å². The molecular weight excluding hydrogens is 256 g/mol. The van der Waals surface area contributed by atoms with Gasteiger partial charge in [0.2, 0.25) is 6.20 Å². The molecule has 1 aromatic carbocycles. The van der Waals surface area contributed by atoms with Gasteiger partial charge in [0.1, 0.15) is 11.6 Å². The highest BCUT2D eigenvalue weighted by Crippen LogP contribution is 2.16. The SMILES string of the molecule is CC(C)[C@@H](C=C[N+](=O)[O-])OCc1c(F)cccc1F. The fourth-order valence-corrected chi connectivity index (χ4v) is 1.48. The van der Waals surface area contributed by atoms with Crippen LogP contribution < -0.4 is 0 Å². The van der Waals surface area contributed by atoms with Gasteiger partial charge in [-0.05, 0) is 18.1 Å². The molecule has 0 bridgehead atoms. The first kappa shape index (κ1) is 15.2. The van der Waals surface area contributed by atoms with Gasteiger partial charge in [0.05, 0.1) is 17.6 Å². The summed E-state index contributed by atoms with van der Waals surface area (Å²) in [5, 5.41) is 10.3. The maximum atomic E-state index is 13.4. The van der Waals surface area contributed by atoms with Crippen molar-refractivity contribution in [3.8, 4) is 0 Å². The molecule has 0 N–H and O–H groups in total. The van der Waals surface area contributed by atoms with Crippen LogP contribution >= 0.6 is 0 Å². The molecule has 0 saturated heterocycles. The first-order valence-electron chi connectivity index (χ1n) is 5.78. The molecule has 1 rings (SSSR count). The molecule has 1 atom stereocenters. The molecule has 19 heavy (non-hydrogen) atoms. The van der Waals surface area contributed by atoms with Gasteiger partial charge in [-0.15, -0.1) is 0 Å². The molecule has 0 aromatic heterocycles. The monoisotopic (exact) mass is 271 g/mol. The van der Waals surface area contributed by atoms with Crippen molar-refractivity contribution in [3.63, 3.8) is 0 Å². The van der Waals surface area contributed by atoms with Crippen LogP contribution in [0.4, 0.5) is 8.78 Å². The predicted molar refractivity (Wildman–Crippen MR) is 65.9 cm³/mol. The van der Waals surface area contributed by atoms with Gasteiger partial charge in [-0.25, -0.2) is 8.78 Å². The molecule has 0 saturated carbocycles. The van der Waals surface area contributed by atoms with Crippen molar-refractivity contribution in [2.24, 2.45) is 5.92 Å². The number of benzene rings is 1. The highest BCUT2D eigenvalue weighted by Gasteiger charge is 2.15. The highest BCUT2D eigenvalue weighted by molar-refractivity contribution is 5.18. The Morgan fingerprint density at radius 1 is 1.37 bits per heavy atom. The van der Waals surface area contributed by atoms with Crippen molar-refractivity contribution in [1.29, 1.82) is 0 Å². The van der Waals surface area contributed by atoms with E-state index in [1.54, 1.807) is 13.8 Å². The molecule has 4 nitrogen and oxygen atoms in total. The van der Waals surface area contributed by atoms with E-state index in [0.717, 1.165) is 18.3 Å². The van der Waals surface area contributed by atoms with Crippen LogP contribution in [0.5, 0.6) is 0 Å². The van der Waals surface area contributed by atoms with E-state index < -0.39 is 22.7 Å². The first-order valence-corrected chi connectivity index (χ1v) is 5.78. The molecule has 1 aromatic rings. The average Bonchev–Trinajstić information content (AvgIpc) is 2.31. The summed E-state index contributed by atoms with van der Waals surface area (Å²) in [6, 6.07) is 3.54. The Labute approximate surface area is 109 Å². The fourth-order valence-electron chi connectivity index (χ4n) is 1.48. The standard InChI is InChI=1S/C13H15F2NO3/c1-9(2)13(6-7-16(17)18)19-8-10-11(14)4-3-5-12(10)15/h3-7,9,13H,8H2,1-2H3/t13-/m1/s1. The molecular formula is C13H15F2NO3. The number of halogens is 2. The summed E-state index contributed by atoms with van der Waals surface area (Å²) in [4.78, 5) is 9.64. The molecule has 0 aliphatic heterocycles. The molecule has 0 amide bonds. The Hall–Kier alpha value is -1.82. The minimum atomic E-state index is -0.694. The van der Waals surface area contributed by atoms with Crippen LogP contribution in [0.15, 0.2) is 30.5 Å². The molecule has 0 unspecified atom stereocenters. The van der Waals surface area contributed by atoms with E-state index in [9.17, 15) is 18.9 Å². The topological polar surface area (TPSA) is 52.4 Å². The summed E-state index contributed by atoms with van der Waals surface area (Å²) in [6.07, 6.45) is 1.45. The third-order valence-corrected chi connectivity index (χ3v) is 2.54. The zero-order chi connectivity index (χ0) is 14.4. The van der Waals surface area contributed by atoms with Crippen LogP contribution in [0.1, 0.15) is 19.4 Å². The molecule has 0 aliphatic rings. The average molecular weight is 271 g/mol. The summed E-state index contributed by atoms with van der Waals surface area (Å²) >= 11 is 0. The smallest absolute Gasteiger partial charge is 0.233 e. The zero-order valence-electron chi connectivity index (χ0n) is 10.7. The number of nitrogens with zero attached hydrogens (tertiary/aromatic N) is 1. The van der Waals surface area contributed by atoms with E-state index in [2.05, 4.69) is 0 Å². The minimum absolute atomic E-state index is 0.0500. The Balaban J connectivity index is 2.74. The summed E-state index contributed by atoms with van der Waals surface area (Å²) in [7, 11) is 0. The second-order valence-corrected chi connectivity index (χ2v) is 4.35. The van der Waals surface area contributed by atoms with E-state index in [0.29, 0.717) is 0 Å². The largest absolute Gasteiger partial charge is 0.369 e. The van der Waals surface area contributed by atoms with E-state index >= 15 is 0 Å². The molecule has 0 aliphatic carbocycles. The summed E-state index contributed by atoms with van der Waals surface area (Å²) in [5.74, 6) is -1.44. The number of nitro groups is 1. The molecule has 104 valence electrons. The number of rotatable bonds is 6. The van der Waals surface area contributed by atoms with Crippen LogP contribution in [0.25, 0.3) is 0 Å². The fraction of sp³-hybridized carbons (Fsp3) is 0.385. The molecule has 6 heteroatoms. The lowest BCUT2D eigenvalue weighted by atomic mass is 10.1. The summed E-state index contributed by atoms with van der Waals surface area (Å²) in [6.45, 7) is 3.32. The normalized spacial score (nSPS) is 13.1. The Kier molecular flexibility index (Phi) is 5.57. The van der Waals surface area contributed by atoms with Crippen LogP contribution in [0.2, 0.25) is 0 Å². The highest BCUT2D eigenvalue weighted by atomic mass is 19.1. The Morgan fingerprint density at radius 2 is 1.95 bits per heavy atom. The van der Waals surface area contributed by atoms with Crippen LogP contribution in [-0.2, 0) is 11.3 Å². The third kappa shape index (κ3) is 4.75. The van der Waals surface area contributed by atoms with Gasteiger partial charge in [-0.3, -0.25) is 10.1 Å². The Bertz CT molecular complexity index is 455. The van der Waals surface area contributed by atoms with Gasteiger partial charge in [-0.1, -0.05) is 19.9 Å².